The number of allylic oxidation sites excluding steroid dienone is 3. The van der Waals surface area contributed by atoms with Gasteiger partial charge in [-0.2, -0.15) is 0 Å². The van der Waals surface area contributed by atoms with Crippen molar-refractivity contribution in [3.05, 3.63) is 102 Å². The number of benzene rings is 3. The van der Waals surface area contributed by atoms with Crippen molar-refractivity contribution in [2.75, 3.05) is 0 Å². The Hall–Kier alpha value is -3.43. The van der Waals surface area contributed by atoms with Gasteiger partial charge in [0.25, 0.3) is 0 Å². The first-order chi connectivity index (χ1) is 13.8. The van der Waals surface area contributed by atoms with Gasteiger partial charge in [0.15, 0.2) is 0 Å². The van der Waals surface area contributed by atoms with E-state index in [1.807, 2.05) is 12.1 Å². The summed E-state index contributed by atoms with van der Waals surface area (Å²) in [7, 11) is 0. The number of para-hydroxylation sites is 1. The molecule has 0 atom stereocenters. The van der Waals surface area contributed by atoms with Gasteiger partial charge in [0.05, 0.1) is 16.7 Å². The zero-order chi connectivity index (χ0) is 19.1. The summed E-state index contributed by atoms with van der Waals surface area (Å²) in [5, 5.41) is 14.2. The van der Waals surface area contributed by atoms with E-state index in [9.17, 15) is 0 Å². The van der Waals surface area contributed by atoms with E-state index in [0.29, 0.717) is 5.71 Å². The van der Waals surface area contributed by atoms with Crippen molar-refractivity contribution < 1.29 is 0 Å². The van der Waals surface area contributed by atoms with Crippen LogP contribution in [0.1, 0.15) is 5.56 Å². The number of aromatic nitrogens is 1. The van der Waals surface area contributed by atoms with Gasteiger partial charge in [-0.25, -0.2) is 0 Å². The molecule has 3 heteroatoms. The third-order valence-electron chi connectivity index (χ3n) is 5.09. The molecule has 0 amide bonds. The van der Waals surface area contributed by atoms with Crippen molar-refractivity contribution in [3.63, 3.8) is 0 Å². The number of hydrogen-bond donors (Lipinski definition) is 1. The average molecular weight is 379 g/mol. The third kappa shape index (κ3) is 2.52. The number of hydrogen-bond acceptors (Lipinski definition) is 2. The monoisotopic (exact) mass is 378 g/mol. The minimum Gasteiger partial charge on any atom is -0.309 e. The van der Waals surface area contributed by atoms with Crippen molar-refractivity contribution in [3.8, 4) is 5.69 Å². The molecule has 0 saturated carbocycles. The molecule has 0 aliphatic rings. The maximum atomic E-state index is 8.17. The highest BCUT2D eigenvalue weighted by Crippen LogP contribution is 2.38. The van der Waals surface area contributed by atoms with E-state index >= 15 is 0 Å². The number of thiophene rings is 1. The molecule has 0 radical (unpaired) electrons. The lowest BCUT2D eigenvalue weighted by atomic mass is 10.1. The van der Waals surface area contributed by atoms with Crippen LogP contribution in [0.25, 0.3) is 37.6 Å². The van der Waals surface area contributed by atoms with E-state index in [1.165, 1.54) is 31.9 Å². The lowest BCUT2D eigenvalue weighted by Crippen LogP contribution is -1.97. The first-order valence-corrected chi connectivity index (χ1v) is 10.0. The quantitative estimate of drug-likeness (QED) is 0.255. The topological polar surface area (TPSA) is 28.8 Å². The largest absolute Gasteiger partial charge is 0.309 e. The highest BCUT2D eigenvalue weighted by atomic mass is 32.1. The van der Waals surface area contributed by atoms with Gasteiger partial charge in [0.1, 0.15) is 0 Å². The van der Waals surface area contributed by atoms with Crippen LogP contribution in [-0.4, -0.2) is 10.3 Å². The molecule has 2 nitrogen and oxygen atoms in total. The summed E-state index contributed by atoms with van der Waals surface area (Å²) >= 11 is 1.80. The van der Waals surface area contributed by atoms with Gasteiger partial charge < -0.3 is 9.98 Å². The van der Waals surface area contributed by atoms with E-state index in [-0.39, 0.29) is 0 Å². The van der Waals surface area contributed by atoms with Crippen LogP contribution in [-0.2, 0) is 0 Å². The molecule has 0 bridgehead atoms. The molecule has 3 aromatic carbocycles. The summed E-state index contributed by atoms with van der Waals surface area (Å²) < 4.78 is 3.65. The van der Waals surface area contributed by atoms with Crippen LogP contribution in [0.5, 0.6) is 0 Å². The Morgan fingerprint density at radius 1 is 0.929 bits per heavy atom. The minimum absolute atomic E-state index is 0.481. The average Bonchev–Trinajstić information content (AvgIpc) is 3.34. The Balaban J connectivity index is 1.75. The van der Waals surface area contributed by atoms with Crippen molar-refractivity contribution in [2.24, 2.45) is 0 Å². The maximum absolute atomic E-state index is 8.17. The van der Waals surface area contributed by atoms with E-state index in [4.69, 9.17) is 5.41 Å². The predicted octanol–water partition coefficient (Wildman–Crippen LogP) is 7.11. The van der Waals surface area contributed by atoms with Gasteiger partial charge in [-0.05, 0) is 52.7 Å². The molecule has 0 aliphatic carbocycles. The maximum Gasteiger partial charge on any atom is 0.0612 e. The molecule has 1 N–H and O–H groups in total. The van der Waals surface area contributed by atoms with Crippen LogP contribution in [0.3, 0.4) is 0 Å². The highest BCUT2D eigenvalue weighted by Gasteiger charge is 2.15. The Morgan fingerprint density at radius 2 is 1.75 bits per heavy atom. The van der Waals surface area contributed by atoms with E-state index in [2.05, 4.69) is 71.1 Å². The molecule has 134 valence electrons. The van der Waals surface area contributed by atoms with Gasteiger partial charge in [0, 0.05) is 21.2 Å². The SMILES string of the molecule is C=C/C=C\C(=N)c1ccc(-n2c3ccccc3c3c4sccc4ccc32)cc1. The van der Waals surface area contributed by atoms with Crippen molar-refractivity contribution in [1.82, 2.24) is 4.57 Å². The van der Waals surface area contributed by atoms with Gasteiger partial charge in [-0.15, -0.1) is 11.3 Å². The Labute approximate surface area is 167 Å². The fraction of sp³-hybridized carbons (Fsp3) is 0. The third-order valence-corrected chi connectivity index (χ3v) is 6.04. The van der Waals surface area contributed by atoms with E-state index in [1.54, 1.807) is 29.6 Å². The van der Waals surface area contributed by atoms with Crippen molar-refractivity contribution in [2.45, 2.75) is 0 Å². The molecule has 5 rings (SSSR count). The van der Waals surface area contributed by atoms with Crippen molar-refractivity contribution >= 4 is 48.9 Å². The van der Waals surface area contributed by atoms with Crippen LogP contribution >= 0.6 is 11.3 Å². The summed E-state index contributed by atoms with van der Waals surface area (Å²) in [6.07, 6.45) is 5.23. The van der Waals surface area contributed by atoms with Crippen LogP contribution in [0.2, 0.25) is 0 Å². The summed E-state index contributed by atoms with van der Waals surface area (Å²) in [6, 6.07) is 23.4. The zero-order valence-corrected chi connectivity index (χ0v) is 16.0. The number of nitrogens with zero attached hydrogens (tertiary/aromatic N) is 1. The lowest BCUT2D eigenvalue weighted by Gasteiger charge is -2.09. The minimum atomic E-state index is 0.481. The molecule has 0 fully saturated rings. The molecule has 2 aromatic heterocycles. The molecule has 0 aliphatic heterocycles. The number of nitrogens with one attached hydrogen (secondary N) is 1. The molecule has 2 heterocycles. The fourth-order valence-corrected chi connectivity index (χ4v) is 4.76. The second kappa shape index (κ2) is 6.63. The van der Waals surface area contributed by atoms with Crippen LogP contribution in [0.4, 0.5) is 0 Å². The number of fused-ring (bicyclic) bond motifs is 5. The van der Waals surface area contributed by atoms with E-state index < -0.39 is 0 Å². The number of rotatable bonds is 4. The second-order valence-corrected chi connectivity index (χ2v) is 7.62. The second-order valence-electron chi connectivity index (χ2n) is 6.71. The molecule has 0 spiro atoms. The molecule has 0 unspecified atom stereocenters. The summed E-state index contributed by atoms with van der Waals surface area (Å²) in [4.78, 5) is 0. The predicted molar refractivity (Wildman–Crippen MR) is 122 cm³/mol. The lowest BCUT2D eigenvalue weighted by molar-refractivity contribution is 1.18. The van der Waals surface area contributed by atoms with Crippen LogP contribution < -0.4 is 0 Å². The Kier molecular flexibility index (Phi) is 3.96. The molecular weight excluding hydrogens is 360 g/mol. The molecule has 28 heavy (non-hydrogen) atoms. The summed E-state index contributed by atoms with van der Waals surface area (Å²) in [5.41, 5.74) is 4.89. The van der Waals surface area contributed by atoms with Gasteiger partial charge in [0.2, 0.25) is 0 Å². The summed E-state index contributed by atoms with van der Waals surface area (Å²) in [5.74, 6) is 0. The smallest absolute Gasteiger partial charge is 0.0612 e. The molecule has 0 saturated heterocycles. The first kappa shape index (κ1) is 16.7. The van der Waals surface area contributed by atoms with Crippen LogP contribution in [0.15, 0.2) is 96.9 Å². The normalized spacial score (nSPS) is 11.7. The Bertz CT molecular complexity index is 1380. The first-order valence-electron chi connectivity index (χ1n) is 9.16. The standard InChI is InChI=1S/C25H18N2S/c1-2-3-7-21(26)17-9-12-19(13-10-17)27-22-8-5-4-6-20(22)24-23(27)14-11-18-15-16-28-25(18)24/h2-16,26H,1H2/b7-3-,26-21?. The highest BCUT2D eigenvalue weighted by molar-refractivity contribution is 7.18. The fourth-order valence-electron chi connectivity index (χ4n) is 3.81. The Morgan fingerprint density at radius 3 is 2.57 bits per heavy atom. The van der Waals surface area contributed by atoms with Crippen molar-refractivity contribution in [1.29, 1.82) is 5.41 Å². The van der Waals surface area contributed by atoms with Gasteiger partial charge in [-0.1, -0.05) is 55.1 Å². The zero-order valence-electron chi connectivity index (χ0n) is 15.2. The molecular formula is C25H18N2S. The van der Waals surface area contributed by atoms with Gasteiger partial charge >= 0.3 is 0 Å². The van der Waals surface area contributed by atoms with Crippen LogP contribution in [0, 0.1) is 5.41 Å². The van der Waals surface area contributed by atoms with Gasteiger partial charge in [-0.3, -0.25) is 0 Å². The van der Waals surface area contributed by atoms with E-state index in [0.717, 1.165) is 11.3 Å². The molecule has 5 aromatic rings. The summed E-state index contributed by atoms with van der Waals surface area (Å²) in [6.45, 7) is 3.66.